The molecule has 0 aliphatic rings. The summed E-state index contributed by atoms with van der Waals surface area (Å²) >= 11 is 11.9. The highest BCUT2D eigenvalue weighted by atomic mass is 35.5. The summed E-state index contributed by atoms with van der Waals surface area (Å²) in [7, 11) is 0. The number of aliphatic hydroxyl groups is 1. The van der Waals surface area contributed by atoms with Gasteiger partial charge in [-0.3, -0.25) is 4.79 Å². The van der Waals surface area contributed by atoms with Crippen molar-refractivity contribution in [1.82, 2.24) is 10.3 Å². The van der Waals surface area contributed by atoms with Gasteiger partial charge >= 0.3 is 0 Å². The van der Waals surface area contributed by atoms with E-state index in [4.69, 9.17) is 28.9 Å². The lowest BCUT2D eigenvalue weighted by molar-refractivity contribution is -0.121. The number of benzene rings is 1. The molecule has 4 N–H and O–H groups in total. The molecule has 5 nitrogen and oxygen atoms in total. The first-order chi connectivity index (χ1) is 11.4. The molecule has 7 heteroatoms. The monoisotopic (exact) mass is 367 g/mol. The second-order valence-corrected chi connectivity index (χ2v) is 6.31. The molecule has 0 fully saturated rings. The molecule has 1 aromatic carbocycles. The van der Waals surface area contributed by atoms with E-state index < -0.39 is 12.1 Å². The predicted molar refractivity (Wildman–Crippen MR) is 95.0 cm³/mol. The summed E-state index contributed by atoms with van der Waals surface area (Å²) < 4.78 is 0. The van der Waals surface area contributed by atoms with Crippen LogP contribution in [-0.2, 0) is 4.79 Å². The average molecular weight is 368 g/mol. The summed E-state index contributed by atoms with van der Waals surface area (Å²) in [6.45, 7) is 1.87. The molecule has 2 unspecified atom stereocenters. The van der Waals surface area contributed by atoms with Crippen molar-refractivity contribution in [3.8, 4) is 0 Å². The molecule has 24 heavy (non-hydrogen) atoms. The topological polar surface area (TPSA) is 88.2 Å². The van der Waals surface area contributed by atoms with E-state index in [1.807, 2.05) is 6.92 Å². The van der Waals surface area contributed by atoms with Gasteiger partial charge in [-0.15, -0.1) is 0 Å². The first-order valence-corrected chi connectivity index (χ1v) is 8.21. The molecule has 128 valence electrons. The van der Waals surface area contributed by atoms with Crippen molar-refractivity contribution in [3.63, 3.8) is 0 Å². The second-order valence-electron chi connectivity index (χ2n) is 5.52. The van der Waals surface area contributed by atoms with Gasteiger partial charge in [0.05, 0.1) is 6.10 Å². The standard InChI is InChI=1S/C17H19Cl2N3O2/c1-10-6-11(7-16(19)22-10)14(20)8-17(24)21-9-15(23)12-4-2-3-5-13(12)18/h2-7,14-15,23H,8-9,20H2,1H3,(H,21,24). The molecule has 2 atom stereocenters. The number of carbonyl (C=O) groups excluding carboxylic acids is 1. The molecule has 0 saturated heterocycles. The van der Waals surface area contributed by atoms with Gasteiger partial charge in [-0.25, -0.2) is 4.98 Å². The number of nitrogens with zero attached hydrogens (tertiary/aromatic N) is 1. The third-order valence-corrected chi connectivity index (χ3v) is 4.07. The summed E-state index contributed by atoms with van der Waals surface area (Å²) in [5.74, 6) is -0.265. The first kappa shape index (κ1) is 18.7. The van der Waals surface area contributed by atoms with E-state index in [1.54, 1.807) is 36.4 Å². The summed E-state index contributed by atoms with van der Waals surface area (Å²) in [5.41, 5.74) is 8.10. The van der Waals surface area contributed by atoms with Crippen LogP contribution < -0.4 is 11.1 Å². The fourth-order valence-corrected chi connectivity index (χ4v) is 2.84. The second kappa shape index (κ2) is 8.44. The van der Waals surface area contributed by atoms with Crippen molar-refractivity contribution in [2.45, 2.75) is 25.5 Å². The molecule has 0 aliphatic carbocycles. The molecule has 0 saturated carbocycles. The van der Waals surface area contributed by atoms with Crippen LogP contribution in [0.4, 0.5) is 0 Å². The van der Waals surface area contributed by atoms with Crippen molar-refractivity contribution >= 4 is 29.1 Å². The number of carbonyl (C=O) groups is 1. The van der Waals surface area contributed by atoms with E-state index in [1.165, 1.54) is 0 Å². The maximum Gasteiger partial charge on any atom is 0.222 e. The summed E-state index contributed by atoms with van der Waals surface area (Å²) in [6.07, 6.45) is -0.800. The lowest BCUT2D eigenvalue weighted by Gasteiger charge is -2.16. The molecular formula is C17H19Cl2N3O2. The molecule has 1 aromatic heterocycles. The Bertz CT molecular complexity index is 704. The number of nitrogens with one attached hydrogen (secondary N) is 1. The zero-order chi connectivity index (χ0) is 17.7. The maximum absolute atomic E-state index is 12.0. The van der Waals surface area contributed by atoms with Crippen LogP contribution in [0.15, 0.2) is 36.4 Å². The van der Waals surface area contributed by atoms with Gasteiger partial charge in [-0.2, -0.15) is 0 Å². The Kier molecular flexibility index (Phi) is 6.57. The molecule has 0 bridgehead atoms. The van der Waals surface area contributed by atoms with Crippen molar-refractivity contribution in [2.24, 2.45) is 5.73 Å². The SMILES string of the molecule is Cc1cc(C(N)CC(=O)NCC(O)c2ccccc2Cl)cc(Cl)n1. The number of aryl methyl sites for hydroxylation is 1. The zero-order valence-corrected chi connectivity index (χ0v) is 14.7. The van der Waals surface area contributed by atoms with Crippen molar-refractivity contribution in [3.05, 3.63) is 63.4 Å². The molecule has 2 rings (SSSR count). The number of aromatic nitrogens is 1. The van der Waals surface area contributed by atoms with Crippen LogP contribution in [0.5, 0.6) is 0 Å². The minimum absolute atomic E-state index is 0.0609. The predicted octanol–water partition coefficient (Wildman–Crippen LogP) is 2.94. The zero-order valence-electron chi connectivity index (χ0n) is 13.2. The van der Waals surface area contributed by atoms with Crippen molar-refractivity contribution < 1.29 is 9.90 Å². The highest BCUT2D eigenvalue weighted by Crippen LogP contribution is 2.22. The summed E-state index contributed by atoms with van der Waals surface area (Å²) in [4.78, 5) is 16.1. The molecule has 0 radical (unpaired) electrons. The Morgan fingerprint density at radius 2 is 2.04 bits per heavy atom. The Hall–Kier alpha value is -1.66. The average Bonchev–Trinajstić information content (AvgIpc) is 2.52. The third kappa shape index (κ3) is 5.18. The van der Waals surface area contributed by atoms with Crippen LogP contribution in [0.25, 0.3) is 0 Å². The van der Waals surface area contributed by atoms with Crippen molar-refractivity contribution in [1.29, 1.82) is 0 Å². The van der Waals surface area contributed by atoms with Gasteiger partial charge in [0.1, 0.15) is 5.15 Å². The third-order valence-electron chi connectivity index (χ3n) is 3.53. The number of hydrogen-bond donors (Lipinski definition) is 3. The summed E-state index contributed by atoms with van der Waals surface area (Å²) in [5, 5.41) is 13.6. The molecule has 0 spiro atoms. The quantitative estimate of drug-likeness (QED) is 0.684. The number of hydrogen-bond acceptors (Lipinski definition) is 4. The minimum Gasteiger partial charge on any atom is -0.387 e. The van der Waals surface area contributed by atoms with Gasteiger partial charge in [-0.1, -0.05) is 41.4 Å². The van der Waals surface area contributed by atoms with Crippen LogP contribution in [0.1, 0.15) is 35.4 Å². The Labute approximate surface area is 150 Å². The lowest BCUT2D eigenvalue weighted by atomic mass is 10.0. The van der Waals surface area contributed by atoms with E-state index in [2.05, 4.69) is 10.3 Å². The fraction of sp³-hybridized carbons (Fsp3) is 0.294. The number of amides is 1. The molecule has 1 heterocycles. The number of aliphatic hydroxyl groups excluding tert-OH is 1. The van der Waals surface area contributed by atoms with Gasteiger partial charge in [-0.05, 0) is 30.7 Å². The number of halogens is 2. The highest BCUT2D eigenvalue weighted by molar-refractivity contribution is 6.31. The minimum atomic E-state index is -0.878. The molecular weight excluding hydrogens is 349 g/mol. The van der Waals surface area contributed by atoms with Gasteiger partial charge in [0.2, 0.25) is 5.91 Å². The van der Waals surface area contributed by atoms with E-state index in [0.717, 1.165) is 11.3 Å². The number of pyridine rings is 1. The van der Waals surface area contributed by atoms with Crippen molar-refractivity contribution in [2.75, 3.05) is 6.54 Å². The van der Waals surface area contributed by atoms with E-state index in [-0.39, 0.29) is 18.9 Å². The number of rotatable bonds is 6. The van der Waals surface area contributed by atoms with E-state index >= 15 is 0 Å². The molecule has 1 amide bonds. The smallest absolute Gasteiger partial charge is 0.222 e. The fourth-order valence-electron chi connectivity index (χ4n) is 2.32. The van der Waals surface area contributed by atoms with Crippen LogP contribution in [-0.4, -0.2) is 22.5 Å². The Morgan fingerprint density at radius 3 is 2.71 bits per heavy atom. The van der Waals surface area contributed by atoms with E-state index in [0.29, 0.717) is 15.7 Å². The molecule has 0 aliphatic heterocycles. The van der Waals surface area contributed by atoms with Crippen LogP contribution >= 0.6 is 23.2 Å². The highest BCUT2D eigenvalue weighted by Gasteiger charge is 2.16. The number of nitrogens with two attached hydrogens (primary N) is 1. The van der Waals surface area contributed by atoms with Gasteiger partial charge < -0.3 is 16.2 Å². The van der Waals surface area contributed by atoms with Gasteiger partial charge in [0.15, 0.2) is 0 Å². The van der Waals surface area contributed by atoms with Gasteiger partial charge in [0.25, 0.3) is 0 Å². The Balaban J connectivity index is 1.90. The lowest BCUT2D eigenvalue weighted by Crippen LogP contribution is -2.31. The van der Waals surface area contributed by atoms with Crippen LogP contribution in [0.3, 0.4) is 0 Å². The van der Waals surface area contributed by atoms with Gasteiger partial charge in [0, 0.05) is 35.3 Å². The van der Waals surface area contributed by atoms with Crippen LogP contribution in [0.2, 0.25) is 10.2 Å². The Morgan fingerprint density at radius 1 is 1.33 bits per heavy atom. The molecule has 2 aromatic rings. The normalized spacial score (nSPS) is 13.4. The summed E-state index contributed by atoms with van der Waals surface area (Å²) in [6, 6.07) is 9.89. The largest absolute Gasteiger partial charge is 0.387 e. The maximum atomic E-state index is 12.0. The van der Waals surface area contributed by atoms with Crippen LogP contribution in [0, 0.1) is 6.92 Å². The van der Waals surface area contributed by atoms with E-state index in [9.17, 15) is 9.90 Å². The first-order valence-electron chi connectivity index (χ1n) is 7.45.